The molecule has 0 fully saturated rings. The van der Waals surface area contributed by atoms with Crippen LogP contribution in [0.1, 0.15) is 12.6 Å². The van der Waals surface area contributed by atoms with Gasteiger partial charge in [-0.2, -0.15) is 5.10 Å². The Morgan fingerprint density at radius 3 is 2.61 bits per heavy atom. The Kier molecular flexibility index (Phi) is 5.15. The molecule has 118 valence electrons. The molecule has 23 heavy (non-hydrogen) atoms. The number of benzene rings is 1. The van der Waals surface area contributed by atoms with Gasteiger partial charge in [-0.05, 0) is 12.1 Å². The molecule has 0 aliphatic heterocycles. The number of amides is 3. The number of primary amides is 1. The lowest BCUT2D eigenvalue weighted by molar-refractivity contribution is -0.137. The van der Waals surface area contributed by atoms with E-state index in [0.29, 0.717) is 16.5 Å². The minimum Gasteiger partial charge on any atom is -0.361 e. The molecule has 0 saturated carbocycles. The van der Waals surface area contributed by atoms with Crippen molar-refractivity contribution in [2.24, 2.45) is 10.8 Å². The van der Waals surface area contributed by atoms with Crippen LogP contribution in [0.5, 0.6) is 0 Å². The van der Waals surface area contributed by atoms with Crippen LogP contribution in [0.2, 0.25) is 0 Å². The Labute approximate surface area is 135 Å². The fourth-order valence-electron chi connectivity index (χ4n) is 1.65. The Bertz CT molecular complexity index is 757. The van der Waals surface area contributed by atoms with Crippen LogP contribution in [0.3, 0.4) is 0 Å². The number of anilines is 2. The number of hydrogen-bond acceptors (Lipinski definition) is 6. The van der Waals surface area contributed by atoms with Crippen molar-refractivity contribution in [3.05, 3.63) is 41.4 Å². The molecule has 1 aromatic heterocycles. The summed E-state index contributed by atoms with van der Waals surface area (Å²) >= 11 is 1.24. The summed E-state index contributed by atoms with van der Waals surface area (Å²) in [6, 6.07) is 9.08. The predicted octanol–water partition coefficient (Wildman–Crippen LogP) is 0.763. The van der Waals surface area contributed by atoms with Gasteiger partial charge in [-0.3, -0.25) is 19.3 Å². The van der Waals surface area contributed by atoms with Gasteiger partial charge in [-0.25, -0.2) is 10.4 Å². The summed E-state index contributed by atoms with van der Waals surface area (Å²) < 4.78 is 0. The van der Waals surface area contributed by atoms with Gasteiger partial charge in [0.05, 0.1) is 17.6 Å². The van der Waals surface area contributed by atoms with Crippen molar-refractivity contribution in [2.75, 3.05) is 4.90 Å². The average molecular weight is 331 g/mol. The molecule has 3 N–H and O–H groups in total. The molecule has 2 rings (SSSR count). The van der Waals surface area contributed by atoms with E-state index in [1.807, 2.05) is 23.6 Å². The number of aromatic nitrogens is 1. The summed E-state index contributed by atoms with van der Waals surface area (Å²) in [4.78, 5) is 39.1. The lowest BCUT2D eigenvalue weighted by Gasteiger charge is -2.17. The van der Waals surface area contributed by atoms with Crippen molar-refractivity contribution in [1.29, 1.82) is 0 Å². The van der Waals surface area contributed by atoms with E-state index in [0.717, 1.165) is 0 Å². The molecule has 3 amide bonds. The quantitative estimate of drug-likeness (QED) is 0.488. The van der Waals surface area contributed by atoms with Crippen LogP contribution in [0.4, 0.5) is 10.8 Å². The molecule has 1 heterocycles. The van der Waals surface area contributed by atoms with Gasteiger partial charge in [0.2, 0.25) is 5.91 Å². The summed E-state index contributed by atoms with van der Waals surface area (Å²) in [5.74, 6) is -2.34. The average Bonchev–Trinajstić information content (AvgIpc) is 2.96. The number of hydrogen-bond donors (Lipinski definition) is 2. The van der Waals surface area contributed by atoms with E-state index in [9.17, 15) is 14.4 Å². The zero-order valence-electron chi connectivity index (χ0n) is 12.1. The number of para-hydroxylation sites is 1. The third kappa shape index (κ3) is 4.20. The van der Waals surface area contributed by atoms with Crippen LogP contribution in [-0.4, -0.2) is 28.9 Å². The minimum absolute atomic E-state index is 0.184. The summed E-state index contributed by atoms with van der Waals surface area (Å²) in [6.45, 7) is 1.44. The Balaban J connectivity index is 2.16. The Hall–Kier alpha value is -3.07. The molecule has 8 nitrogen and oxygen atoms in total. The van der Waals surface area contributed by atoms with Gasteiger partial charge >= 0.3 is 11.8 Å². The molecule has 1 aromatic carbocycles. The van der Waals surface area contributed by atoms with Gasteiger partial charge < -0.3 is 5.73 Å². The predicted molar refractivity (Wildman–Crippen MR) is 86.3 cm³/mol. The molecule has 0 radical (unpaired) electrons. The van der Waals surface area contributed by atoms with Gasteiger partial charge in [0.25, 0.3) is 0 Å². The van der Waals surface area contributed by atoms with E-state index in [4.69, 9.17) is 5.73 Å². The third-order valence-corrected chi connectivity index (χ3v) is 3.46. The number of nitrogens with two attached hydrogens (primary N) is 1. The van der Waals surface area contributed by atoms with Gasteiger partial charge in [0.1, 0.15) is 0 Å². The molecule has 0 saturated heterocycles. The first-order valence-corrected chi connectivity index (χ1v) is 7.31. The fraction of sp³-hybridized carbons (Fsp3) is 0.0714. The van der Waals surface area contributed by atoms with Gasteiger partial charge in [-0.15, -0.1) is 11.3 Å². The highest BCUT2D eigenvalue weighted by molar-refractivity contribution is 7.14. The number of hydrazone groups is 1. The van der Waals surface area contributed by atoms with E-state index in [1.54, 1.807) is 17.5 Å². The summed E-state index contributed by atoms with van der Waals surface area (Å²) in [5.41, 5.74) is 7.86. The van der Waals surface area contributed by atoms with Crippen molar-refractivity contribution < 1.29 is 14.4 Å². The van der Waals surface area contributed by atoms with Crippen molar-refractivity contribution >= 4 is 46.1 Å². The van der Waals surface area contributed by atoms with E-state index in [1.165, 1.54) is 29.4 Å². The Morgan fingerprint density at radius 2 is 2.00 bits per heavy atom. The molecule has 0 aliphatic carbocycles. The van der Waals surface area contributed by atoms with E-state index >= 15 is 0 Å². The van der Waals surface area contributed by atoms with Crippen LogP contribution in [-0.2, 0) is 14.4 Å². The zero-order valence-corrected chi connectivity index (χ0v) is 12.9. The number of rotatable bonds is 4. The topological polar surface area (TPSA) is 118 Å². The molecular formula is C14H13N5O3S. The van der Waals surface area contributed by atoms with E-state index in [-0.39, 0.29) is 5.91 Å². The van der Waals surface area contributed by atoms with Crippen LogP contribution >= 0.6 is 11.3 Å². The van der Waals surface area contributed by atoms with Crippen molar-refractivity contribution in [2.45, 2.75) is 6.92 Å². The first-order chi connectivity index (χ1) is 11.0. The molecule has 0 spiro atoms. The van der Waals surface area contributed by atoms with Crippen LogP contribution in [0.15, 0.2) is 40.8 Å². The normalized spacial score (nSPS) is 10.5. The standard InChI is InChI=1S/C14H13N5O3S/c1-9(20)19(11-5-3-2-4-6-11)14-17-10(8-23-14)7-16-18-13(22)12(15)21/h2-8H,1H3,(H2,15,21)(H,18,22)/b16-7-. The molecule has 0 atom stereocenters. The SMILES string of the molecule is CC(=O)N(c1ccccc1)c1nc(/C=N\NC(=O)C(N)=O)cs1. The van der Waals surface area contributed by atoms with Gasteiger partial charge in [-0.1, -0.05) is 18.2 Å². The largest absolute Gasteiger partial charge is 0.361 e. The number of carbonyl (C=O) groups is 3. The zero-order chi connectivity index (χ0) is 16.8. The molecule has 0 bridgehead atoms. The number of nitrogens with zero attached hydrogens (tertiary/aromatic N) is 3. The van der Waals surface area contributed by atoms with Gasteiger partial charge in [0, 0.05) is 12.3 Å². The van der Waals surface area contributed by atoms with Crippen molar-refractivity contribution in [1.82, 2.24) is 10.4 Å². The number of carbonyl (C=O) groups excluding carboxylic acids is 3. The van der Waals surface area contributed by atoms with Crippen molar-refractivity contribution in [3.8, 4) is 0 Å². The summed E-state index contributed by atoms with van der Waals surface area (Å²) in [5, 5.41) is 5.69. The summed E-state index contributed by atoms with van der Waals surface area (Å²) in [7, 11) is 0. The van der Waals surface area contributed by atoms with Crippen LogP contribution in [0, 0.1) is 0 Å². The molecular weight excluding hydrogens is 318 g/mol. The maximum Gasteiger partial charge on any atom is 0.329 e. The van der Waals surface area contributed by atoms with Gasteiger partial charge in [0.15, 0.2) is 5.13 Å². The smallest absolute Gasteiger partial charge is 0.329 e. The lowest BCUT2D eigenvalue weighted by Crippen LogP contribution is -2.32. The monoisotopic (exact) mass is 331 g/mol. The first-order valence-electron chi connectivity index (χ1n) is 6.43. The second-order valence-electron chi connectivity index (χ2n) is 4.31. The second-order valence-corrected chi connectivity index (χ2v) is 5.14. The highest BCUT2D eigenvalue weighted by Crippen LogP contribution is 2.28. The number of nitrogens with one attached hydrogen (secondary N) is 1. The minimum atomic E-state index is -1.13. The fourth-order valence-corrected chi connectivity index (χ4v) is 2.49. The highest BCUT2D eigenvalue weighted by Gasteiger charge is 2.17. The second kappa shape index (κ2) is 7.27. The molecule has 2 aromatic rings. The third-order valence-electron chi connectivity index (χ3n) is 2.62. The molecule has 9 heteroatoms. The van der Waals surface area contributed by atoms with Crippen LogP contribution in [0.25, 0.3) is 0 Å². The van der Waals surface area contributed by atoms with Crippen LogP contribution < -0.4 is 16.1 Å². The lowest BCUT2D eigenvalue weighted by atomic mass is 10.3. The maximum absolute atomic E-state index is 11.9. The molecule has 0 aliphatic rings. The molecule has 0 unspecified atom stereocenters. The van der Waals surface area contributed by atoms with E-state index in [2.05, 4.69) is 10.1 Å². The van der Waals surface area contributed by atoms with Crippen molar-refractivity contribution in [3.63, 3.8) is 0 Å². The number of thiazole rings is 1. The maximum atomic E-state index is 11.9. The Morgan fingerprint density at radius 1 is 1.30 bits per heavy atom. The first kappa shape index (κ1) is 16.3. The van der Waals surface area contributed by atoms with E-state index < -0.39 is 11.8 Å². The highest BCUT2D eigenvalue weighted by atomic mass is 32.1. The summed E-state index contributed by atoms with van der Waals surface area (Å²) in [6.07, 6.45) is 1.25.